The summed E-state index contributed by atoms with van der Waals surface area (Å²) < 4.78 is 14.0. The predicted molar refractivity (Wildman–Crippen MR) is 115 cm³/mol. The van der Waals surface area contributed by atoms with E-state index in [1.807, 2.05) is 12.1 Å². The van der Waals surface area contributed by atoms with Crippen molar-refractivity contribution >= 4 is 30.7 Å². The summed E-state index contributed by atoms with van der Waals surface area (Å²) in [5.74, 6) is 1.43. The van der Waals surface area contributed by atoms with Gasteiger partial charge in [-0.25, -0.2) is 4.39 Å². The molecule has 0 aliphatic carbocycles. The minimum Gasteiger partial charge on any atom is -0.339 e. The summed E-state index contributed by atoms with van der Waals surface area (Å²) in [5, 5.41) is 3.41. The molecular weight excluding hydrogens is 400 g/mol. The van der Waals surface area contributed by atoms with Crippen molar-refractivity contribution in [1.29, 1.82) is 0 Å². The molecule has 1 aromatic carbocycles. The molecule has 3 aliphatic heterocycles. The maximum Gasteiger partial charge on any atom is 0.222 e. The van der Waals surface area contributed by atoms with Gasteiger partial charge in [0.2, 0.25) is 5.91 Å². The number of nitrogens with zero attached hydrogens (tertiary/aromatic N) is 2. The Kier molecular flexibility index (Phi) is 9.00. The van der Waals surface area contributed by atoms with Gasteiger partial charge in [-0.05, 0) is 56.7 Å². The van der Waals surface area contributed by atoms with Crippen molar-refractivity contribution in [1.82, 2.24) is 15.1 Å². The largest absolute Gasteiger partial charge is 0.339 e. The molecule has 3 aliphatic rings. The Morgan fingerprint density at radius 2 is 1.82 bits per heavy atom. The first-order chi connectivity index (χ1) is 12.7. The normalized spacial score (nSPS) is 26.2. The molecule has 0 unspecified atom stereocenters. The Hall–Kier alpha value is -0.880. The number of benzene rings is 1. The van der Waals surface area contributed by atoms with E-state index in [0.717, 1.165) is 51.1 Å². The van der Waals surface area contributed by atoms with E-state index >= 15 is 0 Å². The van der Waals surface area contributed by atoms with Crippen molar-refractivity contribution in [3.05, 3.63) is 35.6 Å². The lowest BCUT2D eigenvalue weighted by atomic mass is 9.82. The van der Waals surface area contributed by atoms with Crippen LogP contribution in [0, 0.1) is 17.7 Å². The van der Waals surface area contributed by atoms with Gasteiger partial charge in [0.15, 0.2) is 0 Å². The minimum atomic E-state index is -0.110. The highest BCUT2D eigenvalue weighted by Gasteiger charge is 2.40. The lowest BCUT2D eigenvalue weighted by Gasteiger charge is -2.48. The molecule has 0 radical (unpaired) electrons. The number of hydrogen-bond donors (Lipinski definition) is 1. The first kappa shape index (κ1) is 23.4. The number of carbonyl (C=O) groups is 1. The molecule has 0 bridgehead atoms. The molecule has 2 atom stereocenters. The van der Waals surface area contributed by atoms with Crippen molar-refractivity contribution in [3.8, 4) is 0 Å². The molecule has 3 fully saturated rings. The van der Waals surface area contributed by atoms with Crippen LogP contribution < -0.4 is 5.32 Å². The van der Waals surface area contributed by atoms with Crippen molar-refractivity contribution < 1.29 is 9.18 Å². The Labute approximate surface area is 180 Å². The van der Waals surface area contributed by atoms with Crippen LogP contribution in [0.3, 0.4) is 0 Å². The van der Waals surface area contributed by atoms with Crippen LogP contribution in [-0.4, -0.2) is 54.5 Å². The summed E-state index contributed by atoms with van der Waals surface area (Å²) in [7, 11) is 0. The molecule has 158 valence electrons. The van der Waals surface area contributed by atoms with Crippen molar-refractivity contribution in [3.63, 3.8) is 0 Å². The van der Waals surface area contributed by atoms with E-state index in [1.54, 1.807) is 12.1 Å². The van der Waals surface area contributed by atoms with Crippen LogP contribution >= 0.6 is 24.8 Å². The van der Waals surface area contributed by atoms with Crippen LogP contribution in [0.15, 0.2) is 24.3 Å². The average Bonchev–Trinajstić information content (AvgIpc) is 2.67. The highest BCUT2D eigenvalue weighted by molar-refractivity contribution is 5.85. The third-order valence-corrected chi connectivity index (χ3v) is 6.49. The Bertz CT molecular complexity index is 642. The monoisotopic (exact) mass is 431 g/mol. The van der Waals surface area contributed by atoms with Gasteiger partial charge >= 0.3 is 0 Å². The minimum absolute atomic E-state index is 0. The second-order valence-electron chi connectivity index (χ2n) is 8.22. The zero-order chi connectivity index (χ0) is 17.9. The molecule has 3 heterocycles. The number of rotatable bonds is 4. The van der Waals surface area contributed by atoms with Crippen LogP contribution in [-0.2, 0) is 11.3 Å². The number of hydrogen-bond acceptors (Lipinski definition) is 3. The number of carbonyl (C=O) groups excluding carboxylic acids is 1. The van der Waals surface area contributed by atoms with Gasteiger partial charge in [0.25, 0.3) is 0 Å². The number of fused-ring (bicyclic) bond motifs is 1. The molecule has 1 amide bonds. The molecule has 0 saturated carbocycles. The molecule has 7 heteroatoms. The fourth-order valence-corrected chi connectivity index (χ4v) is 5.02. The van der Waals surface area contributed by atoms with Gasteiger partial charge in [-0.15, -0.1) is 24.8 Å². The predicted octanol–water partition coefficient (Wildman–Crippen LogP) is 3.48. The summed E-state index contributed by atoms with van der Waals surface area (Å²) >= 11 is 0. The summed E-state index contributed by atoms with van der Waals surface area (Å²) in [6.45, 7) is 5.71. The molecule has 4 rings (SSSR count). The van der Waals surface area contributed by atoms with Gasteiger partial charge in [0.05, 0.1) is 0 Å². The quantitative estimate of drug-likeness (QED) is 0.792. The lowest BCUT2D eigenvalue weighted by Crippen LogP contribution is -2.57. The van der Waals surface area contributed by atoms with E-state index in [9.17, 15) is 9.18 Å². The highest BCUT2D eigenvalue weighted by atomic mass is 35.5. The van der Waals surface area contributed by atoms with Gasteiger partial charge in [-0.3, -0.25) is 9.69 Å². The summed E-state index contributed by atoms with van der Waals surface area (Å²) in [4.78, 5) is 17.2. The Morgan fingerprint density at radius 3 is 2.57 bits per heavy atom. The molecule has 28 heavy (non-hydrogen) atoms. The zero-order valence-electron chi connectivity index (χ0n) is 16.3. The molecular formula is C21H32Cl2FN3O. The highest BCUT2D eigenvalue weighted by Crippen LogP contribution is 2.33. The van der Waals surface area contributed by atoms with Crippen molar-refractivity contribution in [2.75, 3.05) is 32.7 Å². The van der Waals surface area contributed by atoms with E-state index in [4.69, 9.17) is 0 Å². The Balaban J connectivity index is 0.00000140. The average molecular weight is 432 g/mol. The third kappa shape index (κ3) is 5.38. The van der Waals surface area contributed by atoms with E-state index < -0.39 is 0 Å². The number of nitrogens with one attached hydrogen (secondary N) is 1. The smallest absolute Gasteiger partial charge is 0.222 e. The van der Waals surface area contributed by atoms with Crippen molar-refractivity contribution in [2.24, 2.45) is 11.8 Å². The topological polar surface area (TPSA) is 35.6 Å². The number of halogens is 3. The summed E-state index contributed by atoms with van der Waals surface area (Å²) in [5.41, 5.74) is 0.782. The van der Waals surface area contributed by atoms with Gasteiger partial charge in [0, 0.05) is 44.2 Å². The van der Waals surface area contributed by atoms with E-state index in [2.05, 4.69) is 15.1 Å². The van der Waals surface area contributed by atoms with Crippen LogP contribution in [0.2, 0.25) is 0 Å². The fourth-order valence-electron chi connectivity index (χ4n) is 5.02. The number of amides is 1. The standard InChI is InChI=1S/C21H30FN3O.2ClH/c22-19-4-2-1-3-17(19)14-24-12-9-20-18(15-24)5-6-21(26)25(20)13-16-7-10-23-11-8-16;;/h1-4,16,18,20,23H,5-15H2;2*1H/t18-,20+;;/m0../s1. The van der Waals surface area contributed by atoms with E-state index in [1.165, 1.54) is 12.8 Å². The van der Waals surface area contributed by atoms with Gasteiger partial charge < -0.3 is 10.2 Å². The third-order valence-electron chi connectivity index (χ3n) is 6.49. The fraction of sp³-hybridized carbons (Fsp3) is 0.667. The molecule has 1 aromatic rings. The molecule has 3 saturated heterocycles. The lowest BCUT2D eigenvalue weighted by molar-refractivity contribution is -0.142. The molecule has 0 spiro atoms. The number of piperidine rings is 3. The first-order valence-electron chi connectivity index (χ1n) is 10.2. The number of likely N-dealkylation sites (tertiary alicyclic amines) is 2. The Morgan fingerprint density at radius 1 is 1.07 bits per heavy atom. The van der Waals surface area contributed by atoms with Gasteiger partial charge in [-0.1, -0.05) is 18.2 Å². The van der Waals surface area contributed by atoms with E-state index in [-0.39, 0.29) is 30.6 Å². The van der Waals surface area contributed by atoms with Crippen LogP contribution in [0.4, 0.5) is 4.39 Å². The maximum atomic E-state index is 14.0. The van der Waals surface area contributed by atoms with Crippen LogP contribution in [0.25, 0.3) is 0 Å². The van der Waals surface area contributed by atoms with E-state index in [0.29, 0.717) is 36.8 Å². The van der Waals surface area contributed by atoms with Gasteiger partial charge in [-0.2, -0.15) is 0 Å². The maximum absolute atomic E-state index is 14.0. The van der Waals surface area contributed by atoms with Gasteiger partial charge in [0.1, 0.15) is 5.82 Å². The second kappa shape index (κ2) is 10.8. The summed E-state index contributed by atoms with van der Waals surface area (Å²) in [6, 6.07) is 7.47. The van der Waals surface area contributed by atoms with Crippen LogP contribution in [0.1, 0.15) is 37.7 Å². The zero-order valence-corrected chi connectivity index (χ0v) is 17.9. The van der Waals surface area contributed by atoms with Crippen molar-refractivity contribution in [2.45, 2.75) is 44.7 Å². The molecule has 4 nitrogen and oxygen atoms in total. The first-order valence-corrected chi connectivity index (χ1v) is 10.2. The second-order valence-corrected chi connectivity index (χ2v) is 8.22. The molecule has 0 aromatic heterocycles. The SMILES string of the molecule is Cl.Cl.O=C1CC[C@H]2CN(Cc3ccccc3F)CC[C@H]2N1CC1CCNCC1. The molecule has 1 N–H and O–H groups in total. The van der Waals surface area contributed by atoms with Crippen LogP contribution in [0.5, 0.6) is 0 Å². The summed E-state index contributed by atoms with van der Waals surface area (Å²) in [6.07, 6.45) is 5.05.